The molecule has 3 aromatic carbocycles. The molecule has 1 fully saturated rings. The summed E-state index contributed by atoms with van der Waals surface area (Å²) in [4.78, 5) is 2.44. The maximum absolute atomic E-state index is 2.50. The standard InChI is InChI=1S/C28H29N2/c1-18-23-12-8-7-11-20(23)16-24-26(18)28-27-21(13-14-29(28)2)15-22(17-25(27)30(24)3)19-9-5-4-6-10-19/h7-8,11-17,19H,4-6,9-10H2,1-3H3/q+1. The van der Waals surface area contributed by atoms with Crippen molar-refractivity contribution in [1.29, 1.82) is 0 Å². The van der Waals surface area contributed by atoms with Gasteiger partial charge < -0.3 is 4.90 Å². The van der Waals surface area contributed by atoms with E-state index in [4.69, 9.17) is 0 Å². The van der Waals surface area contributed by atoms with Crippen LogP contribution in [0.4, 0.5) is 11.4 Å². The van der Waals surface area contributed by atoms with E-state index in [0.29, 0.717) is 5.92 Å². The fourth-order valence-electron chi connectivity index (χ4n) is 5.95. The highest BCUT2D eigenvalue weighted by Crippen LogP contribution is 2.49. The van der Waals surface area contributed by atoms with Gasteiger partial charge in [0.25, 0.3) is 0 Å². The Morgan fingerprint density at radius 1 is 0.900 bits per heavy atom. The molecule has 0 N–H and O–H groups in total. The third-order valence-electron chi connectivity index (χ3n) is 7.56. The fourth-order valence-corrected chi connectivity index (χ4v) is 5.95. The number of nitrogens with zero attached hydrogens (tertiary/aromatic N) is 2. The van der Waals surface area contributed by atoms with Gasteiger partial charge in [0.15, 0.2) is 6.20 Å². The van der Waals surface area contributed by atoms with Crippen LogP contribution in [0.3, 0.4) is 0 Å². The maximum Gasteiger partial charge on any atom is 0.224 e. The molecule has 1 aliphatic carbocycles. The molecule has 0 amide bonds. The summed E-state index contributed by atoms with van der Waals surface area (Å²) in [5, 5.41) is 5.45. The fraction of sp³-hybridized carbons (Fsp3) is 0.321. The molecule has 1 aromatic heterocycles. The second-order valence-electron chi connectivity index (χ2n) is 9.29. The van der Waals surface area contributed by atoms with Crippen LogP contribution in [0.5, 0.6) is 0 Å². The van der Waals surface area contributed by atoms with Crippen LogP contribution in [-0.4, -0.2) is 7.05 Å². The minimum absolute atomic E-state index is 0.713. The first-order valence-electron chi connectivity index (χ1n) is 11.4. The smallest absolute Gasteiger partial charge is 0.224 e. The molecular formula is C28H29N2+. The average molecular weight is 394 g/mol. The first-order chi connectivity index (χ1) is 14.6. The number of benzene rings is 3. The summed E-state index contributed by atoms with van der Waals surface area (Å²) >= 11 is 0. The van der Waals surface area contributed by atoms with Crippen LogP contribution >= 0.6 is 0 Å². The van der Waals surface area contributed by atoms with Crippen molar-refractivity contribution in [3.05, 3.63) is 65.9 Å². The van der Waals surface area contributed by atoms with Gasteiger partial charge in [-0.15, -0.1) is 0 Å². The summed E-state index contributed by atoms with van der Waals surface area (Å²) < 4.78 is 2.32. The molecule has 2 aliphatic rings. The van der Waals surface area contributed by atoms with E-state index in [1.807, 2.05) is 0 Å². The molecule has 1 saturated carbocycles. The van der Waals surface area contributed by atoms with Crippen molar-refractivity contribution in [3.63, 3.8) is 0 Å². The van der Waals surface area contributed by atoms with E-state index < -0.39 is 0 Å². The largest absolute Gasteiger partial charge is 0.343 e. The Morgan fingerprint density at radius 3 is 2.53 bits per heavy atom. The Morgan fingerprint density at radius 2 is 1.70 bits per heavy atom. The molecule has 0 atom stereocenters. The van der Waals surface area contributed by atoms with Crippen molar-refractivity contribution in [1.82, 2.24) is 0 Å². The molecule has 0 bridgehead atoms. The number of hydrogen-bond acceptors (Lipinski definition) is 1. The van der Waals surface area contributed by atoms with Gasteiger partial charge in [-0.25, -0.2) is 4.57 Å². The number of fused-ring (bicyclic) bond motifs is 3. The minimum atomic E-state index is 0.713. The van der Waals surface area contributed by atoms with Crippen molar-refractivity contribution in [3.8, 4) is 11.3 Å². The predicted octanol–water partition coefficient (Wildman–Crippen LogP) is 6.92. The number of anilines is 2. The van der Waals surface area contributed by atoms with E-state index in [-0.39, 0.29) is 0 Å². The van der Waals surface area contributed by atoms with E-state index in [2.05, 4.69) is 85.2 Å². The van der Waals surface area contributed by atoms with Crippen molar-refractivity contribution in [2.24, 2.45) is 7.05 Å². The molecule has 30 heavy (non-hydrogen) atoms. The van der Waals surface area contributed by atoms with Crippen LogP contribution in [-0.2, 0) is 7.05 Å². The lowest BCUT2D eigenvalue weighted by atomic mass is 9.82. The average Bonchev–Trinajstić information content (AvgIpc) is 2.79. The summed E-state index contributed by atoms with van der Waals surface area (Å²) in [5.41, 5.74) is 8.32. The molecule has 2 heteroatoms. The van der Waals surface area contributed by atoms with Gasteiger partial charge in [0.2, 0.25) is 5.69 Å². The molecule has 2 nitrogen and oxygen atoms in total. The predicted molar refractivity (Wildman–Crippen MR) is 127 cm³/mol. The van der Waals surface area contributed by atoms with Crippen LogP contribution in [0.1, 0.15) is 49.1 Å². The quantitative estimate of drug-likeness (QED) is 0.318. The monoisotopic (exact) mass is 393 g/mol. The zero-order valence-corrected chi connectivity index (χ0v) is 18.2. The topological polar surface area (TPSA) is 7.12 Å². The third-order valence-corrected chi connectivity index (χ3v) is 7.56. The van der Waals surface area contributed by atoms with Gasteiger partial charge >= 0.3 is 0 Å². The molecule has 2 heterocycles. The Balaban J connectivity index is 1.69. The summed E-state index contributed by atoms with van der Waals surface area (Å²) in [6.45, 7) is 2.29. The van der Waals surface area contributed by atoms with E-state index in [9.17, 15) is 0 Å². The normalized spacial score (nSPS) is 16.3. The summed E-state index contributed by atoms with van der Waals surface area (Å²) in [6, 6.07) is 18.5. The van der Waals surface area contributed by atoms with Crippen LogP contribution in [0.25, 0.3) is 32.8 Å². The highest BCUT2D eigenvalue weighted by Gasteiger charge is 2.32. The van der Waals surface area contributed by atoms with E-state index in [1.54, 1.807) is 0 Å². The second kappa shape index (κ2) is 6.57. The molecule has 0 saturated heterocycles. The molecule has 1 aliphatic heterocycles. The minimum Gasteiger partial charge on any atom is -0.343 e. The van der Waals surface area contributed by atoms with Crippen LogP contribution < -0.4 is 9.47 Å². The van der Waals surface area contributed by atoms with Crippen molar-refractivity contribution in [2.75, 3.05) is 11.9 Å². The number of aromatic nitrogens is 1. The Labute approximate surface area is 178 Å². The van der Waals surface area contributed by atoms with Crippen LogP contribution in [0.15, 0.2) is 54.7 Å². The van der Waals surface area contributed by atoms with Gasteiger partial charge in [-0.05, 0) is 65.1 Å². The summed E-state index contributed by atoms with van der Waals surface area (Å²) in [6.07, 6.45) is 9.06. The molecule has 0 radical (unpaired) electrons. The number of pyridine rings is 1. The third kappa shape index (κ3) is 2.46. The number of aryl methyl sites for hydroxylation is 2. The molecule has 0 spiro atoms. The Hall–Kier alpha value is -2.87. The van der Waals surface area contributed by atoms with Gasteiger partial charge in [0, 0.05) is 13.1 Å². The van der Waals surface area contributed by atoms with Gasteiger partial charge in [-0.1, -0.05) is 49.6 Å². The molecule has 6 rings (SSSR count). The van der Waals surface area contributed by atoms with Gasteiger partial charge in [0.1, 0.15) is 7.05 Å². The highest BCUT2D eigenvalue weighted by atomic mass is 15.1. The van der Waals surface area contributed by atoms with Gasteiger partial charge in [0.05, 0.1) is 22.3 Å². The number of rotatable bonds is 1. The van der Waals surface area contributed by atoms with Crippen LogP contribution in [0, 0.1) is 6.92 Å². The van der Waals surface area contributed by atoms with Gasteiger partial charge in [-0.2, -0.15) is 0 Å². The maximum atomic E-state index is 2.50. The SMILES string of the molecule is Cc1c2c(cc3ccccc13)N(C)c1cc(C3CCCCC3)cc3cc[n+](C)c-2c13. The summed E-state index contributed by atoms with van der Waals surface area (Å²) in [7, 11) is 4.44. The van der Waals surface area contributed by atoms with Crippen molar-refractivity contribution >= 4 is 32.9 Å². The number of hydrogen-bond donors (Lipinski definition) is 0. The zero-order chi connectivity index (χ0) is 20.4. The zero-order valence-electron chi connectivity index (χ0n) is 18.2. The first-order valence-corrected chi connectivity index (χ1v) is 11.4. The summed E-state index contributed by atoms with van der Waals surface area (Å²) in [5.74, 6) is 0.713. The lowest BCUT2D eigenvalue weighted by Gasteiger charge is -2.32. The first kappa shape index (κ1) is 17.9. The van der Waals surface area contributed by atoms with E-state index in [1.165, 1.54) is 87.4 Å². The molecule has 0 unspecified atom stereocenters. The molecular weight excluding hydrogens is 364 g/mol. The van der Waals surface area contributed by atoms with Crippen molar-refractivity contribution < 1.29 is 4.57 Å². The van der Waals surface area contributed by atoms with E-state index in [0.717, 1.165) is 0 Å². The molecule has 4 aromatic rings. The highest BCUT2D eigenvalue weighted by molar-refractivity contribution is 6.13. The lowest BCUT2D eigenvalue weighted by molar-refractivity contribution is -0.659. The van der Waals surface area contributed by atoms with Crippen LogP contribution in [0.2, 0.25) is 0 Å². The Bertz CT molecular complexity index is 1310. The second-order valence-corrected chi connectivity index (χ2v) is 9.29. The molecule has 150 valence electrons. The lowest BCUT2D eigenvalue weighted by Crippen LogP contribution is -2.33. The van der Waals surface area contributed by atoms with E-state index >= 15 is 0 Å². The van der Waals surface area contributed by atoms with Gasteiger partial charge in [-0.3, -0.25) is 0 Å². The Kier molecular flexibility index (Phi) is 3.93. The van der Waals surface area contributed by atoms with Crippen molar-refractivity contribution in [2.45, 2.75) is 44.9 Å².